The van der Waals surface area contributed by atoms with Crippen molar-refractivity contribution in [1.82, 2.24) is 4.72 Å². The topological polar surface area (TPSA) is 432 Å². The summed E-state index contributed by atoms with van der Waals surface area (Å²) in [6, 6.07) is 4.43. The second-order valence-electron chi connectivity index (χ2n) is 14.9. The van der Waals surface area contributed by atoms with Gasteiger partial charge in [-0.1, -0.05) is 40.5 Å². The number of benzene rings is 1. The average molecular weight is 1050 g/mol. The Labute approximate surface area is 387 Å². The number of aliphatic hydroxyl groups is 6. The standard InChI is InChI=1S/C33H55N3O25S5/c1-54-27-21(15-57-65(48,49)50)58-32(22(25(27)41)36-64(45,46)47)59-28-26(42)29(61-66(51,52)53)33(60-30(28)31(43)44)55-14-20(38)24(40)23(39)19(37)13-34-16-6-5-7-17(12-16)35-56-10-4-2-3-8-18-9-11-62-63-18/h5-7,12,18-30,32-42H,2-4,8-11,13-15H2,1H3,(H,43,44)(H,45,46,47)(H,48,49,50)(H,51,52,53)/t18?,19?,20?,21?,22?,23-,24+,25-,26+,27-,28-,29?,30?,32+,33+/m0/s1. The van der Waals surface area contributed by atoms with Crippen molar-refractivity contribution in [2.75, 3.05) is 50.0 Å². The highest BCUT2D eigenvalue weighted by Gasteiger charge is 2.56. The van der Waals surface area contributed by atoms with Crippen LogP contribution in [0.2, 0.25) is 0 Å². The minimum Gasteiger partial charge on any atom is -0.479 e. The van der Waals surface area contributed by atoms with E-state index in [-0.39, 0.29) is 6.54 Å². The van der Waals surface area contributed by atoms with Crippen LogP contribution in [0.3, 0.4) is 0 Å². The Morgan fingerprint density at radius 1 is 0.879 bits per heavy atom. The van der Waals surface area contributed by atoms with E-state index >= 15 is 0 Å². The van der Waals surface area contributed by atoms with Crippen molar-refractivity contribution in [2.45, 2.75) is 123 Å². The fourth-order valence-electron chi connectivity index (χ4n) is 6.83. The highest BCUT2D eigenvalue weighted by molar-refractivity contribution is 8.77. The van der Waals surface area contributed by atoms with Crippen LogP contribution in [0.15, 0.2) is 24.3 Å². The van der Waals surface area contributed by atoms with Gasteiger partial charge in [0.25, 0.3) is 0 Å². The molecule has 1 aromatic carbocycles. The number of unbranched alkanes of at least 4 members (excludes halogenated alkanes) is 2. The Balaban J connectivity index is 1.37. The number of ether oxygens (including phenoxy) is 5. The van der Waals surface area contributed by atoms with Gasteiger partial charge in [0.05, 0.1) is 31.6 Å². The Hall–Kier alpha value is -1.88. The first-order valence-corrected chi connectivity index (χ1v) is 26.4. The Morgan fingerprint density at radius 2 is 1.58 bits per heavy atom. The van der Waals surface area contributed by atoms with Crippen molar-refractivity contribution in [3.63, 3.8) is 0 Å². The second-order valence-corrected chi connectivity index (χ2v) is 21.1. The molecule has 4 rings (SSSR count). The number of hydrogen-bond acceptors (Lipinski definition) is 25. The molecule has 0 bridgehead atoms. The number of carboxylic acids is 1. The van der Waals surface area contributed by atoms with E-state index in [0.717, 1.165) is 26.4 Å². The summed E-state index contributed by atoms with van der Waals surface area (Å²) in [6.45, 7) is -2.28. The highest BCUT2D eigenvalue weighted by atomic mass is 33.1. The van der Waals surface area contributed by atoms with E-state index in [1.807, 2.05) is 21.6 Å². The third-order valence-electron chi connectivity index (χ3n) is 10.0. The van der Waals surface area contributed by atoms with E-state index in [2.05, 4.69) is 19.2 Å². The van der Waals surface area contributed by atoms with Gasteiger partial charge < -0.3 is 64.7 Å². The molecule has 0 amide bonds. The van der Waals surface area contributed by atoms with E-state index < -0.39 is 136 Å². The molecule has 1 aromatic rings. The van der Waals surface area contributed by atoms with Gasteiger partial charge in [0.1, 0.15) is 54.9 Å². The molecule has 382 valence electrons. The van der Waals surface area contributed by atoms with Gasteiger partial charge in [-0.3, -0.25) is 24.0 Å². The van der Waals surface area contributed by atoms with Gasteiger partial charge >= 0.3 is 37.1 Å². The third-order valence-corrected chi connectivity index (χ3v) is 14.5. The zero-order valence-electron chi connectivity index (χ0n) is 34.7. The smallest absolute Gasteiger partial charge is 0.397 e. The first-order valence-electron chi connectivity index (χ1n) is 19.8. The molecule has 3 heterocycles. The predicted molar refractivity (Wildman–Crippen MR) is 226 cm³/mol. The van der Waals surface area contributed by atoms with Crippen LogP contribution in [0, 0.1) is 0 Å². The monoisotopic (exact) mass is 1050 g/mol. The van der Waals surface area contributed by atoms with Gasteiger partial charge in [0.2, 0.25) is 0 Å². The molecule has 13 N–H and O–H groups in total. The zero-order chi connectivity index (χ0) is 49.0. The maximum atomic E-state index is 12.4. The SMILES string of the molecule is CO[C@H]1C(COS(=O)(=O)O)O[C@H](O[C@@H]2C(C(=O)O)O[C@@H](OCC(O)[C@@H](O)[C@@H](O)C(O)CNc3cccc(NOCCCCCC4CCSS4)c3)C(OS(=O)(=O)O)[C@@H]2O)C(NS(=O)(=O)O)[C@@H]1O. The van der Waals surface area contributed by atoms with E-state index in [1.165, 1.54) is 23.3 Å². The number of carbonyl (C=O) groups is 1. The number of hydrogen-bond donors (Lipinski definition) is 13. The lowest BCUT2D eigenvalue weighted by Crippen LogP contribution is -2.68. The molecule has 3 saturated heterocycles. The van der Waals surface area contributed by atoms with Crippen LogP contribution in [-0.4, -0.2) is 211 Å². The van der Waals surface area contributed by atoms with Gasteiger partial charge in [-0.2, -0.15) is 30.0 Å². The molecule has 7 unspecified atom stereocenters. The van der Waals surface area contributed by atoms with Crippen molar-refractivity contribution in [2.24, 2.45) is 0 Å². The fourth-order valence-corrected chi connectivity index (χ4v) is 11.2. The molecule has 0 aromatic heterocycles. The molecule has 0 aliphatic carbocycles. The van der Waals surface area contributed by atoms with Crippen LogP contribution in [0.4, 0.5) is 11.4 Å². The van der Waals surface area contributed by atoms with E-state index in [9.17, 15) is 74.9 Å². The van der Waals surface area contributed by atoms with Gasteiger partial charge in [0, 0.05) is 30.3 Å². The lowest BCUT2D eigenvalue weighted by molar-refractivity contribution is -0.340. The van der Waals surface area contributed by atoms with E-state index in [1.54, 1.807) is 24.3 Å². The number of anilines is 2. The number of aliphatic hydroxyl groups excluding tert-OH is 6. The Bertz CT molecular complexity index is 2000. The number of methoxy groups -OCH3 is 1. The maximum absolute atomic E-state index is 12.4. The van der Waals surface area contributed by atoms with Crippen LogP contribution < -0.4 is 15.5 Å². The first kappa shape index (κ1) is 56.7. The predicted octanol–water partition coefficient (Wildman–Crippen LogP) is -2.96. The maximum Gasteiger partial charge on any atom is 0.397 e. The summed E-state index contributed by atoms with van der Waals surface area (Å²) in [4.78, 5) is 18.0. The number of rotatable bonds is 28. The summed E-state index contributed by atoms with van der Waals surface area (Å²) in [6.07, 6.45) is -23.7. The summed E-state index contributed by atoms with van der Waals surface area (Å²) in [7, 11) is -11.4. The molecule has 0 radical (unpaired) electrons. The molecule has 33 heteroatoms. The molecule has 66 heavy (non-hydrogen) atoms. The van der Waals surface area contributed by atoms with E-state index in [0.29, 0.717) is 23.2 Å². The summed E-state index contributed by atoms with van der Waals surface area (Å²) < 4.78 is 134. The van der Waals surface area contributed by atoms with Crippen molar-refractivity contribution in [1.29, 1.82) is 0 Å². The highest BCUT2D eigenvalue weighted by Crippen LogP contribution is 2.40. The fraction of sp³-hybridized carbons (Fsp3) is 0.788. The largest absolute Gasteiger partial charge is 0.479 e. The minimum absolute atomic E-state index is 0.388. The molecular formula is C33H55N3O25S5. The van der Waals surface area contributed by atoms with Crippen molar-refractivity contribution in [3.8, 4) is 0 Å². The average Bonchev–Trinajstić information content (AvgIpc) is 3.76. The lowest BCUT2D eigenvalue weighted by atomic mass is 9.95. The van der Waals surface area contributed by atoms with E-state index in [4.69, 9.17) is 33.1 Å². The first-order chi connectivity index (χ1) is 30.9. The van der Waals surface area contributed by atoms with Gasteiger partial charge in [-0.25, -0.2) is 13.2 Å². The number of aliphatic carboxylic acids is 1. The van der Waals surface area contributed by atoms with Crippen LogP contribution in [0.5, 0.6) is 0 Å². The van der Waals surface area contributed by atoms with Crippen molar-refractivity contribution < 1.29 is 116 Å². The lowest BCUT2D eigenvalue weighted by Gasteiger charge is -2.47. The molecule has 0 saturated carbocycles. The zero-order valence-corrected chi connectivity index (χ0v) is 38.8. The molecule has 3 fully saturated rings. The molecule has 28 nitrogen and oxygen atoms in total. The summed E-state index contributed by atoms with van der Waals surface area (Å²) >= 11 is 0. The molecule has 15 atom stereocenters. The molecule has 0 spiro atoms. The molecule has 3 aliphatic rings. The van der Waals surface area contributed by atoms with Gasteiger partial charge in [-0.05, 0) is 37.5 Å². The summed E-state index contributed by atoms with van der Waals surface area (Å²) in [5.41, 5.74) is 3.84. The van der Waals surface area contributed by atoms with Crippen LogP contribution in [0.1, 0.15) is 32.1 Å². The summed E-state index contributed by atoms with van der Waals surface area (Å²) in [5, 5.41) is 78.4. The van der Waals surface area contributed by atoms with Gasteiger partial charge in [-0.15, -0.1) is 0 Å². The molecule has 3 aliphatic heterocycles. The molecular weight excluding hydrogens is 999 g/mol. The second kappa shape index (κ2) is 25.8. The van der Waals surface area contributed by atoms with Gasteiger partial charge in [0.15, 0.2) is 24.8 Å². The minimum atomic E-state index is -5.63. The normalized spacial score (nSPS) is 30.6. The number of carboxylic acid groups (broad SMARTS) is 1. The van der Waals surface area contributed by atoms with Crippen molar-refractivity contribution in [3.05, 3.63) is 24.3 Å². The Kier molecular flexibility index (Phi) is 22.2. The van der Waals surface area contributed by atoms with Crippen LogP contribution in [-0.2, 0) is 72.8 Å². The summed E-state index contributed by atoms with van der Waals surface area (Å²) in [5.74, 6) is -0.840. The van der Waals surface area contributed by atoms with Crippen LogP contribution in [0.25, 0.3) is 0 Å². The Morgan fingerprint density at radius 3 is 2.20 bits per heavy atom. The van der Waals surface area contributed by atoms with Crippen LogP contribution >= 0.6 is 21.6 Å². The third kappa shape index (κ3) is 18.1. The van der Waals surface area contributed by atoms with Crippen molar-refractivity contribution >= 4 is 70.0 Å². The quantitative estimate of drug-likeness (QED) is 0.0173. The number of nitrogens with one attached hydrogen (secondary N) is 3.